The Bertz CT molecular complexity index is 548. The molecule has 3 heteroatoms. The molecule has 0 fully saturated rings. The van der Waals surface area contributed by atoms with E-state index in [0.717, 1.165) is 24.2 Å². The van der Waals surface area contributed by atoms with Crippen LogP contribution in [0.4, 0.5) is 0 Å². The van der Waals surface area contributed by atoms with E-state index in [9.17, 15) is 4.79 Å². The van der Waals surface area contributed by atoms with Crippen LogP contribution < -0.4 is 10.1 Å². The van der Waals surface area contributed by atoms with Gasteiger partial charge in [-0.1, -0.05) is 30.7 Å². The van der Waals surface area contributed by atoms with Crippen molar-refractivity contribution < 1.29 is 9.53 Å². The predicted molar refractivity (Wildman–Crippen MR) is 90.2 cm³/mol. The number of nitrogens with one attached hydrogen (secondary N) is 1. The van der Waals surface area contributed by atoms with E-state index in [4.69, 9.17) is 4.74 Å². The summed E-state index contributed by atoms with van der Waals surface area (Å²) < 4.78 is 5.95. The van der Waals surface area contributed by atoms with Gasteiger partial charge in [-0.3, -0.25) is 4.79 Å². The van der Waals surface area contributed by atoms with Gasteiger partial charge in [-0.2, -0.15) is 0 Å². The van der Waals surface area contributed by atoms with Crippen LogP contribution >= 0.6 is 0 Å². The number of carbonyl (C=O) groups excluding carboxylic acids is 1. The SMILES string of the molecule is CC[C@H](Oc1cccc(C)c1C)C(=O)NCC1=CCCCC1. The Morgan fingerprint density at radius 3 is 2.82 bits per heavy atom. The molecule has 1 N–H and O–H groups in total. The molecule has 1 aliphatic rings. The summed E-state index contributed by atoms with van der Waals surface area (Å²) in [5.74, 6) is 0.786. The van der Waals surface area contributed by atoms with Crippen molar-refractivity contribution in [2.45, 2.75) is 59.0 Å². The number of amides is 1. The highest BCUT2D eigenvalue weighted by molar-refractivity contribution is 5.81. The minimum absolute atomic E-state index is 0.0186. The predicted octanol–water partition coefficient (Wildman–Crippen LogP) is 4.08. The smallest absolute Gasteiger partial charge is 0.261 e. The van der Waals surface area contributed by atoms with Crippen molar-refractivity contribution in [3.8, 4) is 5.75 Å². The zero-order valence-corrected chi connectivity index (χ0v) is 13.9. The lowest BCUT2D eigenvalue weighted by Crippen LogP contribution is -2.39. The van der Waals surface area contributed by atoms with E-state index in [-0.39, 0.29) is 5.91 Å². The molecule has 1 atom stereocenters. The summed E-state index contributed by atoms with van der Waals surface area (Å²) in [4.78, 5) is 12.4. The molecule has 0 saturated carbocycles. The van der Waals surface area contributed by atoms with Crippen LogP contribution in [-0.2, 0) is 4.79 Å². The summed E-state index contributed by atoms with van der Waals surface area (Å²) in [5, 5.41) is 3.03. The van der Waals surface area contributed by atoms with Crippen LogP contribution in [0.3, 0.4) is 0 Å². The van der Waals surface area contributed by atoms with E-state index in [1.807, 2.05) is 26.0 Å². The van der Waals surface area contributed by atoms with Crippen LogP contribution in [0.1, 0.15) is 50.2 Å². The molecular weight excluding hydrogens is 274 g/mol. The number of carbonyl (C=O) groups is 1. The molecule has 0 saturated heterocycles. The Balaban J connectivity index is 1.94. The lowest BCUT2D eigenvalue weighted by molar-refractivity contribution is -0.127. The van der Waals surface area contributed by atoms with Gasteiger partial charge in [0.1, 0.15) is 5.75 Å². The molecule has 0 radical (unpaired) electrons. The van der Waals surface area contributed by atoms with E-state index in [2.05, 4.69) is 24.4 Å². The average molecular weight is 301 g/mol. The lowest BCUT2D eigenvalue weighted by Gasteiger charge is -2.20. The fourth-order valence-corrected chi connectivity index (χ4v) is 2.71. The highest BCUT2D eigenvalue weighted by atomic mass is 16.5. The summed E-state index contributed by atoms with van der Waals surface area (Å²) in [6.07, 6.45) is 7.25. The Hall–Kier alpha value is -1.77. The Morgan fingerprint density at radius 1 is 1.32 bits per heavy atom. The molecule has 1 aromatic carbocycles. The van der Waals surface area contributed by atoms with Gasteiger partial charge in [-0.05, 0) is 63.1 Å². The second-order valence-corrected chi connectivity index (χ2v) is 6.04. The average Bonchev–Trinajstić information content (AvgIpc) is 2.55. The number of allylic oxidation sites excluding steroid dienone is 1. The summed E-state index contributed by atoms with van der Waals surface area (Å²) in [7, 11) is 0. The fourth-order valence-electron chi connectivity index (χ4n) is 2.71. The van der Waals surface area contributed by atoms with Crippen molar-refractivity contribution in [2.75, 3.05) is 6.54 Å². The lowest BCUT2D eigenvalue weighted by atomic mass is 9.99. The number of ether oxygens (including phenoxy) is 1. The highest BCUT2D eigenvalue weighted by Gasteiger charge is 2.19. The third kappa shape index (κ3) is 4.36. The van der Waals surface area contributed by atoms with Crippen molar-refractivity contribution in [3.05, 3.63) is 41.0 Å². The number of benzene rings is 1. The van der Waals surface area contributed by atoms with Crippen molar-refractivity contribution >= 4 is 5.91 Å². The van der Waals surface area contributed by atoms with E-state index in [1.165, 1.54) is 24.0 Å². The zero-order valence-electron chi connectivity index (χ0n) is 13.9. The number of hydrogen-bond donors (Lipinski definition) is 1. The number of aryl methyl sites for hydroxylation is 1. The molecule has 3 nitrogen and oxygen atoms in total. The molecule has 0 aliphatic heterocycles. The van der Waals surface area contributed by atoms with Gasteiger partial charge in [-0.25, -0.2) is 0 Å². The molecule has 0 bridgehead atoms. The quantitative estimate of drug-likeness (QED) is 0.804. The molecule has 0 heterocycles. The molecule has 0 spiro atoms. The van der Waals surface area contributed by atoms with Gasteiger partial charge in [0.05, 0.1) is 0 Å². The van der Waals surface area contributed by atoms with Gasteiger partial charge in [-0.15, -0.1) is 0 Å². The third-order valence-electron chi connectivity index (χ3n) is 4.36. The minimum atomic E-state index is -0.426. The van der Waals surface area contributed by atoms with Crippen LogP contribution in [0.25, 0.3) is 0 Å². The van der Waals surface area contributed by atoms with Gasteiger partial charge in [0.2, 0.25) is 0 Å². The van der Waals surface area contributed by atoms with Crippen molar-refractivity contribution in [3.63, 3.8) is 0 Å². The Morgan fingerprint density at radius 2 is 2.14 bits per heavy atom. The molecule has 1 aromatic rings. The van der Waals surface area contributed by atoms with Crippen molar-refractivity contribution in [2.24, 2.45) is 0 Å². The van der Waals surface area contributed by atoms with E-state index >= 15 is 0 Å². The van der Waals surface area contributed by atoms with Crippen LogP contribution in [-0.4, -0.2) is 18.6 Å². The zero-order chi connectivity index (χ0) is 15.9. The maximum atomic E-state index is 12.4. The van der Waals surface area contributed by atoms with Crippen LogP contribution in [0.15, 0.2) is 29.8 Å². The molecular formula is C19H27NO2. The van der Waals surface area contributed by atoms with E-state index < -0.39 is 6.10 Å². The number of rotatable bonds is 6. The Kier molecular flexibility index (Phi) is 6.05. The first-order valence-electron chi connectivity index (χ1n) is 8.30. The second-order valence-electron chi connectivity index (χ2n) is 6.04. The highest BCUT2D eigenvalue weighted by Crippen LogP contribution is 2.22. The van der Waals surface area contributed by atoms with Crippen LogP contribution in [0.2, 0.25) is 0 Å². The van der Waals surface area contributed by atoms with Gasteiger partial charge in [0.15, 0.2) is 6.10 Å². The topological polar surface area (TPSA) is 38.3 Å². The summed E-state index contributed by atoms with van der Waals surface area (Å²) in [6.45, 7) is 6.72. The molecule has 22 heavy (non-hydrogen) atoms. The molecule has 120 valence electrons. The molecule has 0 aromatic heterocycles. The minimum Gasteiger partial charge on any atom is -0.480 e. The maximum absolute atomic E-state index is 12.4. The first-order chi connectivity index (χ1) is 10.6. The summed E-state index contributed by atoms with van der Waals surface area (Å²) >= 11 is 0. The maximum Gasteiger partial charge on any atom is 0.261 e. The van der Waals surface area contributed by atoms with Crippen LogP contribution in [0.5, 0.6) is 5.75 Å². The van der Waals surface area contributed by atoms with Crippen LogP contribution in [0, 0.1) is 13.8 Å². The first-order valence-corrected chi connectivity index (χ1v) is 8.30. The van der Waals surface area contributed by atoms with Gasteiger partial charge >= 0.3 is 0 Å². The van der Waals surface area contributed by atoms with Gasteiger partial charge in [0.25, 0.3) is 5.91 Å². The van der Waals surface area contributed by atoms with Crippen molar-refractivity contribution in [1.29, 1.82) is 0 Å². The standard InChI is InChI=1S/C19H27NO2/c1-4-17(22-18-12-8-9-14(2)15(18)3)19(21)20-13-16-10-6-5-7-11-16/h8-10,12,17H,4-7,11,13H2,1-3H3,(H,20,21)/t17-/m0/s1. The fraction of sp³-hybridized carbons (Fsp3) is 0.526. The van der Waals surface area contributed by atoms with Gasteiger partial charge < -0.3 is 10.1 Å². The Labute approximate surface area is 133 Å². The summed E-state index contributed by atoms with van der Waals surface area (Å²) in [5.41, 5.74) is 3.63. The monoisotopic (exact) mass is 301 g/mol. The third-order valence-corrected chi connectivity index (χ3v) is 4.36. The molecule has 1 amide bonds. The normalized spacial score (nSPS) is 15.9. The summed E-state index contributed by atoms with van der Waals surface area (Å²) in [6, 6.07) is 5.95. The van der Waals surface area contributed by atoms with Gasteiger partial charge in [0, 0.05) is 6.54 Å². The van der Waals surface area contributed by atoms with E-state index in [0.29, 0.717) is 13.0 Å². The second kappa shape index (κ2) is 8.02. The number of hydrogen-bond acceptors (Lipinski definition) is 2. The van der Waals surface area contributed by atoms with Crippen molar-refractivity contribution in [1.82, 2.24) is 5.32 Å². The largest absolute Gasteiger partial charge is 0.480 e. The molecule has 2 rings (SSSR count). The molecule has 0 unspecified atom stereocenters. The first kappa shape index (κ1) is 16.6. The van der Waals surface area contributed by atoms with E-state index in [1.54, 1.807) is 0 Å². The molecule has 1 aliphatic carbocycles.